The van der Waals surface area contributed by atoms with Gasteiger partial charge >= 0.3 is 0 Å². The van der Waals surface area contributed by atoms with Crippen LogP contribution in [0.25, 0.3) is 17.0 Å². The zero-order chi connectivity index (χ0) is 23.2. The second kappa shape index (κ2) is 9.75. The lowest BCUT2D eigenvalue weighted by Crippen LogP contribution is -2.13. The van der Waals surface area contributed by atoms with E-state index in [2.05, 4.69) is 10.5 Å². The molecule has 8 heteroatoms. The van der Waals surface area contributed by atoms with Crippen LogP contribution in [0.4, 0.5) is 5.82 Å². The van der Waals surface area contributed by atoms with Gasteiger partial charge in [0.2, 0.25) is 0 Å². The fourth-order valence-corrected chi connectivity index (χ4v) is 3.44. The van der Waals surface area contributed by atoms with Gasteiger partial charge in [0.05, 0.1) is 13.7 Å². The number of amides is 1. The molecule has 0 saturated carbocycles. The zero-order valence-corrected chi connectivity index (χ0v) is 18.2. The molecule has 8 nitrogen and oxygen atoms in total. The molecule has 33 heavy (non-hydrogen) atoms. The molecular weight excluding hydrogens is 420 g/mol. The van der Waals surface area contributed by atoms with Crippen molar-refractivity contribution in [3.05, 3.63) is 77.7 Å². The third-order valence-corrected chi connectivity index (χ3v) is 5.00. The number of nitriles is 1. The first-order chi connectivity index (χ1) is 16.1. The lowest BCUT2D eigenvalue weighted by Gasteiger charge is -2.09. The van der Waals surface area contributed by atoms with Crippen molar-refractivity contribution in [2.75, 3.05) is 19.0 Å². The van der Waals surface area contributed by atoms with Crippen LogP contribution < -0.4 is 14.8 Å². The van der Waals surface area contributed by atoms with Crippen LogP contribution in [-0.2, 0) is 11.3 Å². The summed E-state index contributed by atoms with van der Waals surface area (Å²) in [6.45, 7) is 2.74. The van der Waals surface area contributed by atoms with E-state index in [4.69, 9.17) is 14.0 Å². The number of carbonyl (C=O) groups is 1. The number of benzene rings is 2. The van der Waals surface area contributed by atoms with Gasteiger partial charge < -0.3 is 23.9 Å². The third-order valence-electron chi connectivity index (χ3n) is 5.00. The largest absolute Gasteiger partial charge is 0.497 e. The summed E-state index contributed by atoms with van der Waals surface area (Å²) in [6, 6.07) is 18.8. The van der Waals surface area contributed by atoms with Gasteiger partial charge in [0, 0.05) is 34.8 Å². The number of carbonyl (C=O) groups excluding carboxylic acids is 1. The van der Waals surface area contributed by atoms with Crippen molar-refractivity contribution in [1.82, 2.24) is 9.72 Å². The summed E-state index contributed by atoms with van der Waals surface area (Å²) in [5, 5.41) is 16.8. The molecule has 0 spiro atoms. The standard InChI is InChI=1S/C25H22N4O4/c1-17-12-24(28-33-17)27-25(30)18(15-26)13-19-16-29(23-9-4-3-8-22(19)23)10-11-32-21-7-5-6-20(14-21)31-2/h3-9,12-14,16H,10-11H2,1-2H3,(H,27,28,30)/b18-13-. The summed E-state index contributed by atoms with van der Waals surface area (Å²) in [4.78, 5) is 12.6. The van der Waals surface area contributed by atoms with E-state index in [0.717, 1.165) is 28.0 Å². The Labute approximate surface area is 190 Å². The van der Waals surface area contributed by atoms with Gasteiger partial charge in [-0.15, -0.1) is 0 Å². The maximum atomic E-state index is 12.6. The zero-order valence-electron chi connectivity index (χ0n) is 18.2. The highest BCUT2D eigenvalue weighted by Gasteiger charge is 2.14. The Bertz CT molecular complexity index is 1360. The minimum atomic E-state index is -0.552. The van der Waals surface area contributed by atoms with Gasteiger partial charge in [-0.25, -0.2) is 0 Å². The number of para-hydroxylation sites is 1. The van der Waals surface area contributed by atoms with Crippen molar-refractivity contribution in [1.29, 1.82) is 5.26 Å². The minimum absolute atomic E-state index is 0.0359. The van der Waals surface area contributed by atoms with Gasteiger partial charge in [-0.1, -0.05) is 29.4 Å². The summed E-state index contributed by atoms with van der Waals surface area (Å²) in [5.41, 5.74) is 1.70. The molecule has 1 amide bonds. The SMILES string of the molecule is COc1cccc(OCCn2cc(/C=C(/C#N)C(=O)Nc3cc(C)on3)c3ccccc32)c1. The van der Waals surface area contributed by atoms with Crippen molar-refractivity contribution >= 4 is 28.7 Å². The molecule has 0 atom stereocenters. The first-order valence-electron chi connectivity index (χ1n) is 10.3. The quantitative estimate of drug-likeness (QED) is 0.317. The number of ether oxygens (including phenoxy) is 2. The maximum absolute atomic E-state index is 12.6. The van der Waals surface area contributed by atoms with E-state index in [9.17, 15) is 10.1 Å². The molecule has 2 aromatic carbocycles. The van der Waals surface area contributed by atoms with Crippen LogP contribution in [0.2, 0.25) is 0 Å². The Kier molecular flexibility index (Phi) is 6.41. The molecule has 2 heterocycles. The number of fused-ring (bicyclic) bond motifs is 1. The van der Waals surface area contributed by atoms with Crippen LogP contribution >= 0.6 is 0 Å². The predicted octanol–water partition coefficient (Wildman–Crippen LogP) is 4.57. The number of nitrogens with zero attached hydrogens (tertiary/aromatic N) is 3. The van der Waals surface area contributed by atoms with Crippen LogP contribution in [0, 0.1) is 18.3 Å². The molecule has 2 aromatic heterocycles. The number of methoxy groups -OCH3 is 1. The molecule has 0 fully saturated rings. The van der Waals surface area contributed by atoms with Crippen LogP contribution in [0.15, 0.2) is 70.9 Å². The molecule has 0 aliphatic carbocycles. The fraction of sp³-hybridized carbons (Fsp3) is 0.160. The topological polar surface area (TPSA) is 102 Å². The van der Waals surface area contributed by atoms with E-state index in [-0.39, 0.29) is 11.4 Å². The van der Waals surface area contributed by atoms with Crippen molar-refractivity contribution in [2.24, 2.45) is 0 Å². The summed E-state index contributed by atoms with van der Waals surface area (Å²) in [7, 11) is 1.61. The van der Waals surface area contributed by atoms with Gasteiger partial charge in [-0.05, 0) is 31.2 Å². The molecular formula is C25H22N4O4. The molecule has 4 rings (SSSR count). The second-order valence-corrected chi connectivity index (χ2v) is 7.27. The molecule has 4 aromatic rings. The highest BCUT2D eigenvalue weighted by Crippen LogP contribution is 2.24. The molecule has 1 N–H and O–H groups in total. The van der Waals surface area contributed by atoms with Crippen molar-refractivity contribution in [3.8, 4) is 17.6 Å². The van der Waals surface area contributed by atoms with Crippen LogP contribution in [0.5, 0.6) is 11.5 Å². The lowest BCUT2D eigenvalue weighted by molar-refractivity contribution is -0.112. The Hall–Kier alpha value is -4.51. The Balaban J connectivity index is 1.54. The molecule has 0 bridgehead atoms. The number of anilines is 1. The van der Waals surface area contributed by atoms with E-state index in [1.807, 2.05) is 65.4 Å². The summed E-state index contributed by atoms with van der Waals surface area (Å²) < 4.78 is 18.1. The predicted molar refractivity (Wildman–Crippen MR) is 124 cm³/mol. The van der Waals surface area contributed by atoms with Crippen LogP contribution in [0.1, 0.15) is 11.3 Å². The number of aryl methyl sites for hydroxylation is 1. The van der Waals surface area contributed by atoms with Crippen molar-refractivity contribution < 1.29 is 18.8 Å². The first kappa shape index (κ1) is 21.7. The van der Waals surface area contributed by atoms with Gasteiger partial charge in [0.25, 0.3) is 5.91 Å². The number of hydrogen-bond donors (Lipinski definition) is 1. The summed E-state index contributed by atoms with van der Waals surface area (Å²) >= 11 is 0. The summed E-state index contributed by atoms with van der Waals surface area (Å²) in [6.07, 6.45) is 3.48. The molecule has 0 aliphatic heterocycles. The molecule has 0 radical (unpaired) electrons. The number of nitrogens with one attached hydrogen (secondary N) is 1. The highest BCUT2D eigenvalue weighted by atomic mass is 16.5. The molecule has 166 valence electrons. The number of hydrogen-bond acceptors (Lipinski definition) is 6. The Morgan fingerprint density at radius 2 is 2.03 bits per heavy atom. The van der Waals surface area contributed by atoms with Gasteiger partial charge in [-0.2, -0.15) is 5.26 Å². The average molecular weight is 442 g/mol. The van der Waals surface area contributed by atoms with Crippen molar-refractivity contribution in [3.63, 3.8) is 0 Å². The molecule has 0 saturated heterocycles. The van der Waals surface area contributed by atoms with E-state index in [0.29, 0.717) is 18.9 Å². The fourth-order valence-electron chi connectivity index (χ4n) is 3.44. The van der Waals surface area contributed by atoms with Crippen LogP contribution in [0.3, 0.4) is 0 Å². The lowest BCUT2D eigenvalue weighted by atomic mass is 10.1. The highest BCUT2D eigenvalue weighted by molar-refractivity contribution is 6.10. The maximum Gasteiger partial charge on any atom is 0.267 e. The minimum Gasteiger partial charge on any atom is -0.497 e. The first-order valence-corrected chi connectivity index (χ1v) is 10.3. The Morgan fingerprint density at radius 1 is 1.21 bits per heavy atom. The van der Waals surface area contributed by atoms with Gasteiger partial charge in [-0.3, -0.25) is 4.79 Å². The van der Waals surface area contributed by atoms with Crippen molar-refractivity contribution in [2.45, 2.75) is 13.5 Å². The van der Waals surface area contributed by atoms with E-state index < -0.39 is 5.91 Å². The number of aromatic nitrogens is 2. The average Bonchev–Trinajstić information content (AvgIpc) is 3.40. The smallest absolute Gasteiger partial charge is 0.267 e. The monoisotopic (exact) mass is 442 g/mol. The summed E-state index contributed by atoms with van der Waals surface area (Å²) in [5.74, 6) is 1.72. The Morgan fingerprint density at radius 3 is 2.79 bits per heavy atom. The second-order valence-electron chi connectivity index (χ2n) is 7.27. The van der Waals surface area contributed by atoms with Crippen LogP contribution in [-0.4, -0.2) is 29.3 Å². The third kappa shape index (κ3) is 5.05. The van der Waals surface area contributed by atoms with Gasteiger partial charge in [0.1, 0.15) is 35.5 Å². The van der Waals surface area contributed by atoms with E-state index in [1.165, 1.54) is 0 Å². The molecule has 0 aliphatic rings. The van der Waals surface area contributed by atoms with Gasteiger partial charge in [0.15, 0.2) is 5.82 Å². The van der Waals surface area contributed by atoms with E-state index in [1.54, 1.807) is 26.2 Å². The normalized spacial score (nSPS) is 11.2. The number of rotatable bonds is 8. The van der Waals surface area contributed by atoms with E-state index >= 15 is 0 Å². The molecule has 0 unspecified atom stereocenters.